The molecule has 22 heteroatoms. The maximum absolute atomic E-state index is 14.3. The molecule has 0 atom stereocenters. The number of alkyl halides is 3. The number of rotatable bonds is 10. The number of aromatic nitrogens is 4. The van der Waals surface area contributed by atoms with E-state index in [2.05, 4.69) is 40.4 Å². The van der Waals surface area contributed by atoms with Crippen LogP contribution >= 0.6 is 23.2 Å². The van der Waals surface area contributed by atoms with Crippen molar-refractivity contribution in [3.05, 3.63) is 166 Å². The molecule has 2 saturated heterocycles. The highest BCUT2D eigenvalue weighted by molar-refractivity contribution is 6.31. The highest BCUT2D eigenvalue weighted by Crippen LogP contribution is 2.36. The first-order valence-electron chi connectivity index (χ1n) is 22.2. The number of fused-ring (bicyclic) bond motifs is 2. The van der Waals surface area contributed by atoms with Crippen LogP contribution in [0.3, 0.4) is 0 Å². The standard InChI is InChI=1S/C26H19ClF4N4O3.C25H19ClF2N4O3/c27-21-3-1-15(9-20(21)26(29,30)31)25(36)33-17-10-16(28)11-19(12-17)38-18-2-4-22-23(13-18)34-24(14-32-22)35-5-7-37-8-6-35;26-20-3-1-15(9-21(20)28)25(33)30-17-10-16(27)11-19(12-17)35-18-2-4-22-23(13-18)31-24(14-29-22)32-5-7-34-8-6-32/h1-4,9-14H,5-8H2,(H,33,36);1-4,9-14H,5-8H2,(H,30,33). The topological polar surface area (TPSA) is 153 Å². The van der Waals surface area contributed by atoms with Crippen LogP contribution in [-0.4, -0.2) is 84.4 Å². The second-order valence-electron chi connectivity index (χ2n) is 16.2. The number of halogens is 8. The summed E-state index contributed by atoms with van der Waals surface area (Å²) >= 11 is 11.3. The van der Waals surface area contributed by atoms with Crippen molar-refractivity contribution in [3.63, 3.8) is 0 Å². The minimum absolute atomic E-state index is 0.0105. The number of nitrogens with zero attached hydrogens (tertiary/aromatic N) is 6. The number of hydrogen-bond acceptors (Lipinski definition) is 12. The Bertz CT molecular complexity index is 3360. The Kier molecular flexibility index (Phi) is 15.1. The molecule has 0 bridgehead atoms. The lowest BCUT2D eigenvalue weighted by Crippen LogP contribution is -2.36. The van der Waals surface area contributed by atoms with Crippen LogP contribution in [-0.2, 0) is 15.7 Å². The Morgan fingerprint density at radius 3 is 1.44 bits per heavy atom. The predicted molar refractivity (Wildman–Crippen MR) is 262 cm³/mol. The lowest BCUT2D eigenvalue weighted by molar-refractivity contribution is -0.137. The van der Waals surface area contributed by atoms with Gasteiger partial charge in [-0.1, -0.05) is 23.2 Å². The molecule has 0 saturated carbocycles. The van der Waals surface area contributed by atoms with Crippen LogP contribution in [0.25, 0.3) is 22.1 Å². The Balaban J connectivity index is 0.000000180. The predicted octanol–water partition coefficient (Wildman–Crippen LogP) is 11.8. The highest BCUT2D eigenvalue weighted by Gasteiger charge is 2.34. The number of anilines is 4. The van der Waals surface area contributed by atoms with Gasteiger partial charge in [-0.25, -0.2) is 23.1 Å². The van der Waals surface area contributed by atoms with Gasteiger partial charge >= 0.3 is 6.18 Å². The largest absolute Gasteiger partial charge is 0.457 e. The molecule has 4 heterocycles. The Labute approximate surface area is 421 Å². The molecule has 2 N–H and O–H groups in total. The van der Waals surface area contributed by atoms with E-state index in [1.807, 2.05) is 0 Å². The number of morpholine rings is 2. The van der Waals surface area contributed by atoms with Crippen molar-refractivity contribution in [2.75, 3.05) is 73.0 Å². The zero-order chi connectivity index (χ0) is 51.2. The first kappa shape index (κ1) is 50.2. The lowest BCUT2D eigenvalue weighted by Gasteiger charge is -2.27. The molecule has 14 nitrogen and oxygen atoms in total. The van der Waals surface area contributed by atoms with Crippen LogP contribution in [0.5, 0.6) is 23.0 Å². The van der Waals surface area contributed by atoms with Crippen LogP contribution in [0.1, 0.15) is 26.3 Å². The summed E-state index contributed by atoms with van der Waals surface area (Å²) < 4.78 is 104. The third kappa shape index (κ3) is 12.6. The van der Waals surface area contributed by atoms with Gasteiger partial charge in [-0.3, -0.25) is 19.6 Å². The van der Waals surface area contributed by atoms with Crippen molar-refractivity contribution in [2.45, 2.75) is 6.18 Å². The third-order valence-electron chi connectivity index (χ3n) is 11.1. The Morgan fingerprint density at radius 2 is 0.986 bits per heavy atom. The van der Waals surface area contributed by atoms with Gasteiger partial charge < -0.3 is 39.4 Å². The lowest BCUT2D eigenvalue weighted by atomic mass is 10.1. The second-order valence-corrected chi connectivity index (χ2v) is 17.1. The average Bonchev–Trinajstić information content (AvgIpc) is 3.37. The summed E-state index contributed by atoms with van der Waals surface area (Å²) in [6, 6.07) is 23.9. The number of amides is 2. The summed E-state index contributed by atoms with van der Waals surface area (Å²) in [6.45, 7) is 5.32. The normalized spacial score (nSPS) is 13.8. The van der Waals surface area contributed by atoms with E-state index in [1.54, 1.807) is 48.8 Å². The first-order valence-corrected chi connectivity index (χ1v) is 23.0. The minimum atomic E-state index is -4.74. The molecule has 374 valence electrons. The number of hydrogen-bond donors (Lipinski definition) is 2. The molecule has 2 amide bonds. The molecule has 2 aliphatic heterocycles. The number of carbonyl (C=O) groups excluding carboxylic acids is 2. The summed E-state index contributed by atoms with van der Waals surface area (Å²) in [4.78, 5) is 47.4. The zero-order valence-electron chi connectivity index (χ0n) is 37.9. The molecule has 73 heavy (non-hydrogen) atoms. The summed E-state index contributed by atoms with van der Waals surface area (Å²) in [5, 5.41) is 4.30. The monoisotopic (exact) mass is 1040 g/mol. The van der Waals surface area contributed by atoms with Crippen LogP contribution in [0.2, 0.25) is 10.0 Å². The van der Waals surface area contributed by atoms with Gasteiger partial charge in [0.25, 0.3) is 11.8 Å². The van der Waals surface area contributed by atoms with Crippen molar-refractivity contribution in [1.82, 2.24) is 19.9 Å². The fourth-order valence-electron chi connectivity index (χ4n) is 7.57. The van der Waals surface area contributed by atoms with E-state index in [0.29, 0.717) is 85.0 Å². The van der Waals surface area contributed by atoms with Gasteiger partial charge in [0.15, 0.2) is 0 Å². The molecule has 0 unspecified atom stereocenters. The van der Waals surface area contributed by atoms with Crippen LogP contribution in [0, 0.1) is 17.5 Å². The van der Waals surface area contributed by atoms with Crippen molar-refractivity contribution in [3.8, 4) is 23.0 Å². The van der Waals surface area contributed by atoms with E-state index in [4.69, 9.17) is 42.1 Å². The van der Waals surface area contributed by atoms with E-state index < -0.39 is 46.0 Å². The quantitative estimate of drug-likeness (QED) is 0.125. The smallest absolute Gasteiger partial charge is 0.417 e. The van der Waals surface area contributed by atoms with Gasteiger partial charge in [0.2, 0.25) is 0 Å². The molecule has 2 fully saturated rings. The number of carbonyl (C=O) groups is 2. The second kappa shape index (κ2) is 21.9. The molecular formula is C51H38Cl2F6N8O6. The van der Waals surface area contributed by atoms with Gasteiger partial charge in [-0.05, 0) is 72.8 Å². The van der Waals surface area contributed by atoms with Gasteiger partial charge in [0.05, 0.1) is 76.5 Å². The zero-order valence-corrected chi connectivity index (χ0v) is 39.4. The van der Waals surface area contributed by atoms with Crippen LogP contribution in [0.4, 0.5) is 49.4 Å². The summed E-state index contributed by atoms with van der Waals surface area (Å²) in [5.41, 5.74) is 1.27. The first-order chi connectivity index (χ1) is 35.1. The molecule has 6 aromatic carbocycles. The third-order valence-corrected chi connectivity index (χ3v) is 11.8. The van der Waals surface area contributed by atoms with Crippen molar-refractivity contribution in [2.24, 2.45) is 0 Å². The van der Waals surface area contributed by atoms with E-state index in [0.717, 1.165) is 55.3 Å². The molecule has 0 aliphatic carbocycles. The number of ether oxygens (including phenoxy) is 4. The molecule has 2 aromatic heterocycles. The van der Waals surface area contributed by atoms with Crippen molar-refractivity contribution >= 4 is 80.1 Å². The van der Waals surface area contributed by atoms with Crippen LogP contribution < -0.4 is 29.9 Å². The highest BCUT2D eigenvalue weighted by atomic mass is 35.5. The summed E-state index contributed by atoms with van der Waals surface area (Å²) in [5.74, 6) is -1.11. The molecule has 0 radical (unpaired) electrons. The summed E-state index contributed by atoms with van der Waals surface area (Å²) in [7, 11) is 0. The molecular weight excluding hydrogens is 1010 g/mol. The van der Waals surface area contributed by atoms with E-state index in [1.165, 1.54) is 30.3 Å². The van der Waals surface area contributed by atoms with Crippen molar-refractivity contribution in [1.29, 1.82) is 0 Å². The van der Waals surface area contributed by atoms with E-state index >= 15 is 0 Å². The maximum atomic E-state index is 14.3. The molecule has 10 rings (SSSR count). The van der Waals surface area contributed by atoms with Gasteiger partial charge in [-0.2, -0.15) is 13.2 Å². The minimum Gasteiger partial charge on any atom is -0.457 e. The van der Waals surface area contributed by atoms with Gasteiger partial charge in [0, 0.05) is 85.1 Å². The van der Waals surface area contributed by atoms with Crippen molar-refractivity contribution < 1.29 is 54.9 Å². The average molecular weight is 1040 g/mol. The maximum Gasteiger partial charge on any atom is 0.417 e. The van der Waals surface area contributed by atoms with E-state index in [-0.39, 0.29) is 39.0 Å². The fourth-order valence-corrected chi connectivity index (χ4v) is 7.91. The van der Waals surface area contributed by atoms with Crippen LogP contribution in [0.15, 0.2) is 122 Å². The number of benzene rings is 6. The Hall–Kier alpha value is -7.78. The Morgan fingerprint density at radius 1 is 0.534 bits per heavy atom. The molecule has 0 spiro atoms. The van der Waals surface area contributed by atoms with Gasteiger partial charge in [-0.15, -0.1) is 0 Å². The van der Waals surface area contributed by atoms with E-state index in [9.17, 15) is 35.9 Å². The summed E-state index contributed by atoms with van der Waals surface area (Å²) in [6.07, 6.45) is -1.32. The molecule has 8 aromatic rings. The fraction of sp³-hybridized carbons (Fsp3) is 0.176. The van der Waals surface area contributed by atoms with Gasteiger partial charge in [0.1, 0.15) is 52.1 Å². The SMILES string of the molecule is O=C(Nc1cc(F)cc(Oc2ccc3ncc(N4CCOCC4)nc3c2)c1)c1ccc(Cl)c(C(F)(F)F)c1.O=C(Nc1cc(F)cc(Oc2ccc3ncc(N4CCOCC4)nc3c2)c1)c1ccc(Cl)c(F)c1. The molecule has 2 aliphatic rings. The number of nitrogens with one attached hydrogen (secondary N) is 2.